The van der Waals surface area contributed by atoms with E-state index in [1.807, 2.05) is 31.2 Å². The Hall–Kier alpha value is -3.79. The van der Waals surface area contributed by atoms with Gasteiger partial charge in [0.25, 0.3) is 5.89 Å². The monoisotopic (exact) mass is 393 g/mol. The Morgan fingerprint density at radius 2 is 2.17 bits per heavy atom. The largest absolute Gasteiger partial charge is 0.419 e. The number of imidazole rings is 1. The molecule has 4 rings (SSSR count). The van der Waals surface area contributed by atoms with E-state index < -0.39 is 0 Å². The first kappa shape index (κ1) is 18.6. The molecule has 0 saturated carbocycles. The zero-order valence-electron chi connectivity index (χ0n) is 15.7. The van der Waals surface area contributed by atoms with E-state index in [0.717, 1.165) is 11.1 Å². The van der Waals surface area contributed by atoms with Crippen molar-refractivity contribution in [2.24, 2.45) is 0 Å². The number of fused-ring (bicyclic) bond motifs is 1. The van der Waals surface area contributed by atoms with Gasteiger partial charge in [0.1, 0.15) is 11.3 Å². The van der Waals surface area contributed by atoms with Gasteiger partial charge in [-0.25, -0.2) is 9.78 Å². The minimum absolute atomic E-state index is 0.0849. The maximum absolute atomic E-state index is 11.9. The molecule has 0 atom stereocenters. The average molecular weight is 393 g/mol. The molecule has 0 radical (unpaired) electrons. The molecule has 4 aromatic rings. The van der Waals surface area contributed by atoms with Crippen LogP contribution < -0.4 is 10.6 Å². The number of amides is 2. The lowest BCUT2D eigenvalue weighted by atomic mass is 10.1. The second-order valence-electron chi connectivity index (χ2n) is 6.18. The van der Waals surface area contributed by atoms with Crippen molar-refractivity contribution in [3.8, 4) is 22.7 Å². The van der Waals surface area contributed by atoms with Crippen LogP contribution in [0.25, 0.3) is 28.4 Å². The molecule has 0 aliphatic rings. The van der Waals surface area contributed by atoms with Gasteiger partial charge >= 0.3 is 6.03 Å². The van der Waals surface area contributed by atoms with E-state index in [0.29, 0.717) is 29.6 Å². The molecule has 0 fully saturated rings. The number of pyridine rings is 2. The molecule has 29 heavy (non-hydrogen) atoms. The number of aromatic nitrogens is 5. The van der Waals surface area contributed by atoms with Crippen molar-refractivity contribution in [3.63, 3.8) is 0 Å². The zero-order chi connectivity index (χ0) is 20.2. The van der Waals surface area contributed by atoms with Gasteiger partial charge in [-0.2, -0.15) is 0 Å². The smallest absolute Gasteiger partial charge is 0.320 e. The molecule has 148 valence electrons. The van der Waals surface area contributed by atoms with E-state index in [9.17, 15) is 4.79 Å². The summed E-state index contributed by atoms with van der Waals surface area (Å²) in [5.74, 6) is 1.00. The summed E-state index contributed by atoms with van der Waals surface area (Å²) >= 11 is 0. The normalized spacial score (nSPS) is 11.0. The number of hydrogen-bond donors (Lipinski definition) is 3. The van der Waals surface area contributed by atoms with E-state index >= 15 is 0 Å². The van der Waals surface area contributed by atoms with Crippen LogP contribution in [0.15, 0.2) is 47.3 Å². The number of aliphatic hydroxyl groups excluding tert-OH is 1. The third-order valence-electron chi connectivity index (χ3n) is 4.16. The topological polar surface area (TPSA) is 130 Å². The SMILES string of the molecule is CCNC(=O)Nc1cn2c(-c3nnc(CCO)o3)cc(-c3cccnc3)cc2n1. The molecule has 3 N–H and O–H groups in total. The molecule has 0 saturated heterocycles. The quantitative estimate of drug-likeness (QED) is 0.457. The van der Waals surface area contributed by atoms with E-state index in [1.165, 1.54) is 0 Å². The summed E-state index contributed by atoms with van der Waals surface area (Å²) < 4.78 is 7.45. The Morgan fingerprint density at radius 3 is 2.93 bits per heavy atom. The van der Waals surface area contributed by atoms with E-state index in [1.54, 1.807) is 23.0 Å². The lowest BCUT2D eigenvalue weighted by molar-refractivity contribution is 0.252. The first-order chi connectivity index (χ1) is 14.2. The zero-order valence-corrected chi connectivity index (χ0v) is 15.7. The predicted molar refractivity (Wildman–Crippen MR) is 105 cm³/mol. The maximum atomic E-state index is 11.9. The Morgan fingerprint density at radius 1 is 1.28 bits per heavy atom. The van der Waals surface area contributed by atoms with Crippen molar-refractivity contribution >= 4 is 17.5 Å². The Kier molecular flexibility index (Phi) is 5.16. The second kappa shape index (κ2) is 8.07. The van der Waals surface area contributed by atoms with Crippen LogP contribution in [0.1, 0.15) is 12.8 Å². The number of aliphatic hydroxyl groups is 1. The summed E-state index contributed by atoms with van der Waals surface area (Å²) in [7, 11) is 0. The van der Waals surface area contributed by atoms with Gasteiger partial charge in [0.2, 0.25) is 5.89 Å². The number of carbonyl (C=O) groups is 1. The molecule has 4 heterocycles. The first-order valence-corrected chi connectivity index (χ1v) is 9.10. The van der Waals surface area contributed by atoms with E-state index in [2.05, 4.69) is 30.8 Å². The molecule has 0 aromatic carbocycles. The number of carbonyl (C=O) groups excluding carboxylic acids is 1. The van der Waals surface area contributed by atoms with E-state index in [-0.39, 0.29) is 24.9 Å². The lowest BCUT2D eigenvalue weighted by Crippen LogP contribution is -2.28. The highest BCUT2D eigenvalue weighted by Crippen LogP contribution is 2.28. The van der Waals surface area contributed by atoms with Crippen LogP contribution in [0, 0.1) is 0 Å². The van der Waals surface area contributed by atoms with Crippen LogP contribution in [-0.2, 0) is 6.42 Å². The van der Waals surface area contributed by atoms with Crippen LogP contribution in [0.4, 0.5) is 10.6 Å². The number of rotatable bonds is 6. The van der Waals surface area contributed by atoms with E-state index in [4.69, 9.17) is 9.52 Å². The second-order valence-corrected chi connectivity index (χ2v) is 6.18. The Bertz CT molecular complexity index is 1140. The molecule has 0 unspecified atom stereocenters. The third-order valence-corrected chi connectivity index (χ3v) is 4.16. The van der Waals surface area contributed by atoms with Crippen molar-refractivity contribution in [1.29, 1.82) is 0 Å². The molecule has 0 bridgehead atoms. The van der Waals surface area contributed by atoms with Gasteiger partial charge in [-0.3, -0.25) is 14.7 Å². The number of nitrogens with one attached hydrogen (secondary N) is 2. The highest BCUT2D eigenvalue weighted by Gasteiger charge is 2.16. The van der Waals surface area contributed by atoms with Crippen molar-refractivity contribution in [3.05, 3.63) is 48.7 Å². The first-order valence-electron chi connectivity index (χ1n) is 9.10. The summed E-state index contributed by atoms with van der Waals surface area (Å²) in [4.78, 5) is 20.5. The lowest BCUT2D eigenvalue weighted by Gasteiger charge is -2.06. The van der Waals surface area contributed by atoms with Crippen LogP contribution in [0.3, 0.4) is 0 Å². The number of urea groups is 1. The fraction of sp³-hybridized carbons (Fsp3) is 0.211. The predicted octanol–water partition coefficient (Wildman–Crippen LogP) is 2.12. The van der Waals surface area contributed by atoms with Crippen LogP contribution >= 0.6 is 0 Å². The standard InChI is InChI=1S/C19H19N7O3/c1-2-21-19(28)23-15-11-26-14(18-25-24-17(29-18)5-7-27)8-13(9-16(26)22-15)12-4-3-6-20-10-12/h3-4,6,8-11,27H,2,5,7H2,1H3,(H2,21,23,28). The minimum Gasteiger partial charge on any atom is -0.419 e. The van der Waals surface area contributed by atoms with Gasteiger partial charge in [0.05, 0.1) is 12.8 Å². The highest BCUT2D eigenvalue weighted by molar-refractivity contribution is 5.88. The Balaban J connectivity index is 1.83. The summed E-state index contributed by atoms with van der Waals surface area (Å²) in [6, 6.07) is 7.21. The highest BCUT2D eigenvalue weighted by atomic mass is 16.4. The average Bonchev–Trinajstić information content (AvgIpc) is 3.35. The molecule has 2 amide bonds. The van der Waals surface area contributed by atoms with Crippen LogP contribution in [0.5, 0.6) is 0 Å². The molecule has 0 aliphatic carbocycles. The molecule has 10 nitrogen and oxygen atoms in total. The van der Waals surface area contributed by atoms with Crippen molar-refractivity contribution in [2.75, 3.05) is 18.5 Å². The van der Waals surface area contributed by atoms with Gasteiger partial charge in [0, 0.05) is 30.9 Å². The van der Waals surface area contributed by atoms with Gasteiger partial charge in [-0.1, -0.05) is 6.07 Å². The molecule has 0 aliphatic heterocycles. The van der Waals surface area contributed by atoms with Gasteiger partial charge in [0.15, 0.2) is 5.82 Å². The molecule has 4 aromatic heterocycles. The van der Waals surface area contributed by atoms with Gasteiger partial charge < -0.3 is 14.8 Å². The summed E-state index contributed by atoms with van der Waals surface area (Å²) in [6.07, 6.45) is 5.40. The van der Waals surface area contributed by atoms with Crippen LogP contribution in [0.2, 0.25) is 0 Å². The molecule has 0 spiro atoms. The number of hydrogen-bond acceptors (Lipinski definition) is 7. The third kappa shape index (κ3) is 3.92. The molecular weight excluding hydrogens is 374 g/mol. The fourth-order valence-corrected chi connectivity index (χ4v) is 2.89. The van der Waals surface area contributed by atoms with Gasteiger partial charge in [-0.15, -0.1) is 10.2 Å². The Labute approximate surface area is 165 Å². The molecule has 10 heteroatoms. The van der Waals surface area contributed by atoms with Crippen LogP contribution in [-0.4, -0.2) is 48.9 Å². The fourth-order valence-electron chi connectivity index (χ4n) is 2.89. The number of nitrogens with zero attached hydrogens (tertiary/aromatic N) is 5. The maximum Gasteiger partial charge on any atom is 0.320 e. The van der Waals surface area contributed by atoms with Crippen molar-refractivity contribution in [1.82, 2.24) is 29.9 Å². The van der Waals surface area contributed by atoms with Gasteiger partial charge in [-0.05, 0) is 30.7 Å². The number of anilines is 1. The van der Waals surface area contributed by atoms with Crippen molar-refractivity contribution < 1.29 is 14.3 Å². The minimum atomic E-state index is -0.340. The summed E-state index contributed by atoms with van der Waals surface area (Å²) in [5.41, 5.74) is 2.95. The molecular formula is C19H19N7O3. The van der Waals surface area contributed by atoms with Crippen molar-refractivity contribution in [2.45, 2.75) is 13.3 Å². The summed E-state index contributed by atoms with van der Waals surface area (Å²) in [5, 5.41) is 22.5. The summed E-state index contributed by atoms with van der Waals surface area (Å²) in [6.45, 7) is 2.25.